The smallest absolute Gasteiger partial charge is 0.347 e. The van der Waals surface area contributed by atoms with Gasteiger partial charge in [0.1, 0.15) is 5.75 Å². The lowest BCUT2D eigenvalue weighted by molar-refractivity contribution is -0.151. The van der Waals surface area contributed by atoms with E-state index in [4.69, 9.17) is 9.47 Å². The zero-order chi connectivity index (χ0) is 18.1. The number of rotatable bonds is 8. The Bertz CT molecular complexity index is 683. The van der Waals surface area contributed by atoms with Crippen LogP contribution in [0.2, 0.25) is 0 Å². The summed E-state index contributed by atoms with van der Waals surface area (Å²) in [4.78, 5) is 23.8. The standard InChI is InChI=1S/C20H23NO4/c1-3-13-24-20(23)15(2)25-18-11-9-17(10-12-18)19(22)21-14-16-7-5-4-6-8-16/h4-12,15H,3,13-14H2,1-2H3,(H,21,22)/t15-/m1/s1. The Morgan fingerprint density at radius 3 is 2.36 bits per heavy atom. The third-order valence-electron chi connectivity index (χ3n) is 3.51. The highest BCUT2D eigenvalue weighted by molar-refractivity contribution is 5.94. The first-order valence-electron chi connectivity index (χ1n) is 8.35. The van der Waals surface area contributed by atoms with Crippen LogP contribution in [0.1, 0.15) is 36.2 Å². The van der Waals surface area contributed by atoms with E-state index in [0.717, 1.165) is 12.0 Å². The average Bonchev–Trinajstić information content (AvgIpc) is 2.65. The van der Waals surface area contributed by atoms with Crippen molar-refractivity contribution in [3.8, 4) is 5.75 Å². The van der Waals surface area contributed by atoms with Crippen molar-refractivity contribution in [1.29, 1.82) is 0 Å². The summed E-state index contributed by atoms with van der Waals surface area (Å²) in [6.07, 6.45) is 0.0786. The van der Waals surface area contributed by atoms with Crippen LogP contribution in [0.4, 0.5) is 0 Å². The molecule has 1 N–H and O–H groups in total. The van der Waals surface area contributed by atoms with Crippen molar-refractivity contribution in [2.45, 2.75) is 32.9 Å². The van der Waals surface area contributed by atoms with E-state index < -0.39 is 12.1 Å². The van der Waals surface area contributed by atoms with Crippen LogP contribution in [0.15, 0.2) is 54.6 Å². The van der Waals surface area contributed by atoms with Crippen molar-refractivity contribution in [3.05, 3.63) is 65.7 Å². The zero-order valence-corrected chi connectivity index (χ0v) is 14.5. The van der Waals surface area contributed by atoms with Crippen molar-refractivity contribution < 1.29 is 19.1 Å². The van der Waals surface area contributed by atoms with E-state index >= 15 is 0 Å². The molecular weight excluding hydrogens is 318 g/mol. The van der Waals surface area contributed by atoms with Crippen LogP contribution in [-0.2, 0) is 16.1 Å². The maximum atomic E-state index is 12.2. The van der Waals surface area contributed by atoms with Crippen LogP contribution in [0.5, 0.6) is 5.75 Å². The van der Waals surface area contributed by atoms with Crippen molar-refractivity contribution >= 4 is 11.9 Å². The van der Waals surface area contributed by atoms with Gasteiger partial charge in [0.25, 0.3) is 5.91 Å². The first-order chi connectivity index (χ1) is 12.1. The highest BCUT2D eigenvalue weighted by Gasteiger charge is 2.16. The highest BCUT2D eigenvalue weighted by atomic mass is 16.6. The number of ether oxygens (including phenoxy) is 2. The van der Waals surface area contributed by atoms with Gasteiger partial charge in [-0.25, -0.2) is 4.79 Å². The monoisotopic (exact) mass is 341 g/mol. The summed E-state index contributed by atoms with van der Waals surface area (Å²) in [6, 6.07) is 16.4. The number of carbonyl (C=O) groups excluding carboxylic acids is 2. The lowest BCUT2D eigenvalue weighted by Gasteiger charge is -2.14. The maximum Gasteiger partial charge on any atom is 0.347 e. The van der Waals surface area contributed by atoms with Crippen LogP contribution < -0.4 is 10.1 Å². The Kier molecular flexibility index (Phi) is 7.01. The number of benzene rings is 2. The molecule has 0 aliphatic rings. The zero-order valence-electron chi connectivity index (χ0n) is 14.5. The fraction of sp³-hybridized carbons (Fsp3) is 0.300. The molecular formula is C20H23NO4. The molecule has 0 heterocycles. The first-order valence-corrected chi connectivity index (χ1v) is 8.35. The summed E-state index contributed by atoms with van der Waals surface area (Å²) < 4.78 is 10.6. The van der Waals surface area contributed by atoms with Gasteiger partial charge in [0.05, 0.1) is 6.61 Å². The Labute approximate surface area is 148 Å². The van der Waals surface area contributed by atoms with Gasteiger partial charge >= 0.3 is 5.97 Å². The van der Waals surface area contributed by atoms with E-state index in [1.807, 2.05) is 37.3 Å². The van der Waals surface area contributed by atoms with E-state index in [9.17, 15) is 9.59 Å². The molecule has 0 aliphatic heterocycles. The molecule has 1 atom stereocenters. The number of hydrogen-bond donors (Lipinski definition) is 1. The molecule has 0 aromatic heterocycles. The molecule has 2 rings (SSSR count). The Hall–Kier alpha value is -2.82. The van der Waals surface area contributed by atoms with Gasteiger partial charge in [-0.05, 0) is 43.2 Å². The van der Waals surface area contributed by atoms with Crippen molar-refractivity contribution in [3.63, 3.8) is 0 Å². The lowest BCUT2D eigenvalue weighted by Crippen LogP contribution is -2.26. The molecule has 0 bridgehead atoms. The molecule has 5 nitrogen and oxygen atoms in total. The van der Waals surface area contributed by atoms with E-state index in [1.165, 1.54) is 0 Å². The Morgan fingerprint density at radius 2 is 1.72 bits per heavy atom. The largest absolute Gasteiger partial charge is 0.479 e. The topological polar surface area (TPSA) is 64.6 Å². The summed E-state index contributed by atoms with van der Waals surface area (Å²) in [7, 11) is 0. The number of hydrogen-bond acceptors (Lipinski definition) is 4. The second-order valence-electron chi connectivity index (χ2n) is 5.62. The Morgan fingerprint density at radius 1 is 1.04 bits per heavy atom. The van der Waals surface area contributed by atoms with Gasteiger partial charge in [0.2, 0.25) is 0 Å². The highest BCUT2D eigenvalue weighted by Crippen LogP contribution is 2.14. The molecule has 0 fully saturated rings. The third-order valence-corrected chi connectivity index (χ3v) is 3.51. The SMILES string of the molecule is CCCOC(=O)[C@@H](C)Oc1ccc(C(=O)NCc2ccccc2)cc1. The van der Waals surface area contributed by atoms with Crippen LogP contribution in [-0.4, -0.2) is 24.6 Å². The number of carbonyl (C=O) groups is 2. The predicted octanol–water partition coefficient (Wildman–Crippen LogP) is 3.34. The van der Waals surface area contributed by atoms with Gasteiger partial charge in [-0.2, -0.15) is 0 Å². The molecule has 2 aromatic rings. The molecule has 0 unspecified atom stereocenters. The Balaban J connectivity index is 1.86. The molecule has 132 valence electrons. The molecule has 25 heavy (non-hydrogen) atoms. The van der Waals surface area contributed by atoms with Gasteiger partial charge < -0.3 is 14.8 Å². The normalized spacial score (nSPS) is 11.4. The van der Waals surface area contributed by atoms with Gasteiger partial charge in [0.15, 0.2) is 6.10 Å². The molecule has 2 aromatic carbocycles. The minimum Gasteiger partial charge on any atom is -0.479 e. The van der Waals surface area contributed by atoms with E-state index in [-0.39, 0.29) is 5.91 Å². The van der Waals surface area contributed by atoms with Crippen LogP contribution >= 0.6 is 0 Å². The summed E-state index contributed by atoms with van der Waals surface area (Å²) >= 11 is 0. The average molecular weight is 341 g/mol. The van der Waals surface area contributed by atoms with E-state index in [0.29, 0.717) is 24.5 Å². The van der Waals surface area contributed by atoms with Crippen LogP contribution in [0.25, 0.3) is 0 Å². The van der Waals surface area contributed by atoms with Gasteiger partial charge in [-0.3, -0.25) is 4.79 Å². The molecule has 1 amide bonds. The van der Waals surface area contributed by atoms with Crippen molar-refractivity contribution in [2.24, 2.45) is 0 Å². The molecule has 0 aliphatic carbocycles. The quantitative estimate of drug-likeness (QED) is 0.748. The summed E-state index contributed by atoms with van der Waals surface area (Å²) in [6.45, 7) is 4.42. The summed E-state index contributed by atoms with van der Waals surface area (Å²) in [5.74, 6) is -0.0436. The van der Waals surface area contributed by atoms with E-state index in [1.54, 1.807) is 31.2 Å². The second-order valence-corrected chi connectivity index (χ2v) is 5.62. The molecule has 0 radical (unpaired) electrons. The number of amides is 1. The minimum atomic E-state index is -0.690. The second kappa shape index (κ2) is 9.47. The lowest BCUT2D eigenvalue weighted by atomic mass is 10.2. The van der Waals surface area contributed by atoms with Gasteiger partial charge in [0, 0.05) is 12.1 Å². The fourth-order valence-electron chi connectivity index (χ4n) is 2.14. The van der Waals surface area contributed by atoms with E-state index in [2.05, 4.69) is 5.32 Å². The minimum absolute atomic E-state index is 0.161. The van der Waals surface area contributed by atoms with Gasteiger partial charge in [-0.1, -0.05) is 37.3 Å². The molecule has 5 heteroatoms. The van der Waals surface area contributed by atoms with Crippen molar-refractivity contribution in [1.82, 2.24) is 5.32 Å². The number of esters is 1. The van der Waals surface area contributed by atoms with Crippen LogP contribution in [0.3, 0.4) is 0 Å². The maximum absolute atomic E-state index is 12.2. The summed E-state index contributed by atoms with van der Waals surface area (Å²) in [5.41, 5.74) is 1.57. The van der Waals surface area contributed by atoms with Gasteiger partial charge in [-0.15, -0.1) is 0 Å². The molecule has 0 saturated carbocycles. The van der Waals surface area contributed by atoms with Crippen LogP contribution in [0, 0.1) is 0 Å². The fourth-order valence-corrected chi connectivity index (χ4v) is 2.14. The molecule has 0 saturated heterocycles. The third kappa shape index (κ3) is 5.95. The molecule has 0 spiro atoms. The first kappa shape index (κ1) is 18.5. The summed E-state index contributed by atoms with van der Waals surface area (Å²) in [5, 5.41) is 2.86. The predicted molar refractivity (Wildman–Crippen MR) is 95.4 cm³/mol. The van der Waals surface area contributed by atoms with Crippen molar-refractivity contribution in [2.75, 3.05) is 6.61 Å². The number of nitrogens with one attached hydrogen (secondary N) is 1.